The number of hydrogen-bond donors (Lipinski definition) is 1. The first-order valence-corrected chi connectivity index (χ1v) is 13.0. The Balaban J connectivity index is 1.44. The van der Waals surface area contributed by atoms with Crippen LogP contribution in [-0.4, -0.2) is 42.0 Å². The molecule has 1 N–H and O–H groups in total. The first-order chi connectivity index (χ1) is 16.5. The number of hydrogen-bond acceptors (Lipinski definition) is 4. The SMILES string of the molecule is CC(C(=O)NC1CCCCC1)N(Cc1ccc(Br)cc1)C(=O)CCc1ccc2c(c1)OCCO2. The summed E-state index contributed by atoms with van der Waals surface area (Å²) in [6.07, 6.45) is 6.45. The lowest BCUT2D eigenvalue weighted by molar-refractivity contribution is -0.141. The smallest absolute Gasteiger partial charge is 0.242 e. The van der Waals surface area contributed by atoms with Crippen molar-refractivity contribution in [3.63, 3.8) is 0 Å². The molecule has 2 aromatic rings. The van der Waals surface area contributed by atoms with Gasteiger partial charge in [-0.15, -0.1) is 0 Å². The largest absolute Gasteiger partial charge is 0.486 e. The average Bonchev–Trinajstić information content (AvgIpc) is 2.87. The fraction of sp³-hybridized carbons (Fsp3) is 0.481. The number of nitrogens with one attached hydrogen (secondary N) is 1. The number of amides is 2. The molecule has 2 aliphatic rings. The van der Waals surface area contributed by atoms with Crippen LogP contribution in [0, 0.1) is 0 Å². The summed E-state index contributed by atoms with van der Waals surface area (Å²) in [4.78, 5) is 28.2. The molecule has 6 nitrogen and oxygen atoms in total. The van der Waals surface area contributed by atoms with E-state index in [1.54, 1.807) is 4.90 Å². The van der Waals surface area contributed by atoms with Gasteiger partial charge in [0.25, 0.3) is 0 Å². The fourth-order valence-corrected chi connectivity index (χ4v) is 4.84. The van der Waals surface area contributed by atoms with E-state index in [1.807, 2.05) is 49.4 Å². The zero-order valence-electron chi connectivity index (χ0n) is 19.7. The number of nitrogens with zero attached hydrogens (tertiary/aromatic N) is 1. The third kappa shape index (κ3) is 6.53. The topological polar surface area (TPSA) is 67.9 Å². The molecule has 2 aromatic carbocycles. The van der Waals surface area contributed by atoms with E-state index >= 15 is 0 Å². The summed E-state index contributed by atoms with van der Waals surface area (Å²) in [6.45, 7) is 3.31. The summed E-state index contributed by atoms with van der Waals surface area (Å²) in [5, 5.41) is 3.19. The number of carbonyl (C=O) groups is 2. The van der Waals surface area contributed by atoms with Gasteiger partial charge in [0.2, 0.25) is 11.8 Å². The van der Waals surface area contributed by atoms with E-state index in [9.17, 15) is 9.59 Å². The number of fused-ring (bicyclic) bond motifs is 1. The minimum Gasteiger partial charge on any atom is -0.486 e. The van der Waals surface area contributed by atoms with Crippen molar-refractivity contribution < 1.29 is 19.1 Å². The highest BCUT2D eigenvalue weighted by atomic mass is 79.9. The number of benzene rings is 2. The summed E-state index contributed by atoms with van der Waals surface area (Å²) in [5.41, 5.74) is 2.01. The summed E-state index contributed by atoms with van der Waals surface area (Å²) in [7, 11) is 0. The number of halogens is 1. The third-order valence-electron chi connectivity index (χ3n) is 6.62. The Hall–Kier alpha value is -2.54. The quantitative estimate of drug-likeness (QED) is 0.522. The van der Waals surface area contributed by atoms with Crippen molar-refractivity contribution in [2.45, 2.75) is 70.5 Å². The highest BCUT2D eigenvalue weighted by Gasteiger charge is 2.28. The predicted molar refractivity (Wildman–Crippen MR) is 135 cm³/mol. The zero-order chi connectivity index (χ0) is 23.9. The third-order valence-corrected chi connectivity index (χ3v) is 7.15. The number of aryl methyl sites for hydroxylation is 1. The number of carbonyl (C=O) groups excluding carboxylic acids is 2. The molecule has 1 atom stereocenters. The van der Waals surface area contributed by atoms with E-state index in [1.165, 1.54) is 6.42 Å². The molecule has 182 valence electrons. The number of rotatable bonds is 8. The maximum Gasteiger partial charge on any atom is 0.242 e. The van der Waals surface area contributed by atoms with Gasteiger partial charge in [0, 0.05) is 23.5 Å². The van der Waals surface area contributed by atoms with Gasteiger partial charge in [-0.3, -0.25) is 9.59 Å². The van der Waals surface area contributed by atoms with E-state index in [-0.39, 0.29) is 17.9 Å². The van der Waals surface area contributed by atoms with Crippen LogP contribution in [0.25, 0.3) is 0 Å². The molecule has 34 heavy (non-hydrogen) atoms. The molecule has 1 heterocycles. The second kappa shape index (κ2) is 11.7. The average molecular weight is 529 g/mol. The minimum atomic E-state index is -0.543. The lowest BCUT2D eigenvalue weighted by Gasteiger charge is -2.31. The monoisotopic (exact) mass is 528 g/mol. The van der Waals surface area contributed by atoms with Crippen LogP contribution in [0.4, 0.5) is 0 Å². The molecule has 4 rings (SSSR count). The van der Waals surface area contributed by atoms with Gasteiger partial charge in [0.1, 0.15) is 19.3 Å². The summed E-state index contributed by atoms with van der Waals surface area (Å²) >= 11 is 3.46. The van der Waals surface area contributed by atoms with Gasteiger partial charge in [-0.25, -0.2) is 0 Å². The number of ether oxygens (including phenoxy) is 2. The van der Waals surface area contributed by atoms with E-state index < -0.39 is 6.04 Å². The lowest BCUT2D eigenvalue weighted by atomic mass is 9.95. The Labute approximate surface area is 210 Å². The molecule has 2 amide bonds. The first kappa shape index (κ1) is 24.6. The Kier molecular flexibility index (Phi) is 8.48. The highest BCUT2D eigenvalue weighted by molar-refractivity contribution is 9.10. The van der Waals surface area contributed by atoms with E-state index in [0.717, 1.165) is 52.8 Å². The van der Waals surface area contributed by atoms with Crippen LogP contribution < -0.4 is 14.8 Å². The Morgan fingerprint density at radius 3 is 2.41 bits per heavy atom. The van der Waals surface area contributed by atoms with Crippen LogP contribution in [-0.2, 0) is 22.6 Å². The Morgan fingerprint density at radius 1 is 1.00 bits per heavy atom. The fourth-order valence-electron chi connectivity index (χ4n) is 4.58. The molecule has 1 aliphatic heterocycles. The maximum atomic E-state index is 13.4. The molecule has 0 bridgehead atoms. The van der Waals surface area contributed by atoms with Crippen molar-refractivity contribution in [2.24, 2.45) is 0 Å². The second-order valence-electron chi connectivity index (χ2n) is 9.15. The van der Waals surface area contributed by atoms with Crippen molar-refractivity contribution in [1.29, 1.82) is 0 Å². The van der Waals surface area contributed by atoms with Crippen LogP contribution in [0.1, 0.15) is 56.6 Å². The van der Waals surface area contributed by atoms with Gasteiger partial charge < -0.3 is 19.7 Å². The molecule has 1 unspecified atom stereocenters. The standard InChI is InChI=1S/C27H33BrN2O4/c1-19(27(32)29-23-5-3-2-4-6-23)30(18-21-7-11-22(28)12-8-21)26(31)14-10-20-9-13-24-25(17-20)34-16-15-33-24/h7-9,11-13,17,19,23H,2-6,10,14-16,18H2,1H3,(H,29,32). The normalized spacial score (nSPS) is 16.5. The molecule has 0 radical (unpaired) electrons. The molecule has 1 fully saturated rings. The van der Waals surface area contributed by atoms with Crippen LogP contribution >= 0.6 is 15.9 Å². The summed E-state index contributed by atoms with van der Waals surface area (Å²) in [6, 6.07) is 13.4. The van der Waals surface area contributed by atoms with Gasteiger partial charge in [0.05, 0.1) is 0 Å². The van der Waals surface area contributed by atoms with Crippen LogP contribution in [0.3, 0.4) is 0 Å². The van der Waals surface area contributed by atoms with Crippen LogP contribution in [0.2, 0.25) is 0 Å². The molecular formula is C27H33BrN2O4. The van der Waals surface area contributed by atoms with Crippen molar-refractivity contribution in [1.82, 2.24) is 10.2 Å². The highest BCUT2D eigenvalue weighted by Crippen LogP contribution is 2.31. The minimum absolute atomic E-state index is 0.0379. The van der Waals surface area contributed by atoms with Crippen molar-refractivity contribution in [3.8, 4) is 11.5 Å². The summed E-state index contributed by atoms with van der Waals surface area (Å²) < 4.78 is 12.2. The van der Waals surface area contributed by atoms with Crippen molar-refractivity contribution in [2.75, 3.05) is 13.2 Å². The van der Waals surface area contributed by atoms with Gasteiger partial charge in [0.15, 0.2) is 11.5 Å². The zero-order valence-corrected chi connectivity index (χ0v) is 21.3. The lowest BCUT2D eigenvalue weighted by Crippen LogP contribution is -2.50. The molecular weight excluding hydrogens is 496 g/mol. The van der Waals surface area contributed by atoms with Gasteiger partial charge in [-0.05, 0) is 61.6 Å². The molecule has 1 aliphatic carbocycles. The molecule has 1 saturated carbocycles. The van der Waals surface area contributed by atoms with Crippen molar-refractivity contribution in [3.05, 3.63) is 58.1 Å². The first-order valence-electron chi connectivity index (χ1n) is 12.2. The Morgan fingerprint density at radius 2 is 1.68 bits per heavy atom. The van der Waals surface area contributed by atoms with Gasteiger partial charge >= 0.3 is 0 Å². The van der Waals surface area contributed by atoms with Crippen LogP contribution in [0.15, 0.2) is 46.9 Å². The molecule has 7 heteroatoms. The molecule has 0 aromatic heterocycles. The summed E-state index contributed by atoms with van der Waals surface area (Å²) in [5.74, 6) is 1.36. The molecule has 0 spiro atoms. The maximum absolute atomic E-state index is 13.4. The van der Waals surface area contributed by atoms with E-state index in [0.29, 0.717) is 32.6 Å². The van der Waals surface area contributed by atoms with E-state index in [4.69, 9.17) is 9.47 Å². The second-order valence-corrected chi connectivity index (χ2v) is 10.1. The predicted octanol–water partition coefficient (Wildman–Crippen LogP) is 5.02. The Bertz CT molecular complexity index is 989. The van der Waals surface area contributed by atoms with Crippen LogP contribution in [0.5, 0.6) is 11.5 Å². The van der Waals surface area contributed by atoms with Gasteiger partial charge in [-0.2, -0.15) is 0 Å². The van der Waals surface area contributed by atoms with Crippen molar-refractivity contribution >= 4 is 27.7 Å². The van der Waals surface area contributed by atoms with Gasteiger partial charge in [-0.1, -0.05) is 53.4 Å². The van der Waals surface area contributed by atoms with E-state index in [2.05, 4.69) is 21.2 Å². The molecule has 0 saturated heterocycles.